The molecule has 2 aliphatic heterocycles. The van der Waals surface area contributed by atoms with Crippen molar-refractivity contribution in [3.63, 3.8) is 0 Å². The highest BCUT2D eigenvalue weighted by atomic mass is 35.5. The summed E-state index contributed by atoms with van der Waals surface area (Å²) in [6.45, 7) is 2.09. The van der Waals surface area contributed by atoms with Crippen molar-refractivity contribution < 1.29 is 27.9 Å². The van der Waals surface area contributed by atoms with Crippen molar-refractivity contribution in [2.45, 2.75) is 18.3 Å². The highest BCUT2D eigenvalue weighted by Gasteiger charge is 2.40. The number of β-amino-alcohol motifs (C(OH)–C–C–N with tert-alkyl or cyclic N) is 1. The third-order valence-corrected chi connectivity index (χ3v) is 6.81. The molecular formula is C23H22Cl2F3N3O3. The maximum atomic E-state index is 13.2. The third-order valence-electron chi connectivity index (χ3n) is 6.23. The summed E-state index contributed by atoms with van der Waals surface area (Å²) >= 11 is 11.5. The number of hydrogen-bond donors (Lipinski definition) is 1. The first-order chi connectivity index (χ1) is 16.0. The van der Waals surface area contributed by atoms with Gasteiger partial charge in [-0.15, -0.1) is 0 Å². The van der Waals surface area contributed by atoms with E-state index in [2.05, 4.69) is 0 Å². The second-order valence-electron chi connectivity index (χ2n) is 8.37. The Kier molecular flexibility index (Phi) is 7.09. The van der Waals surface area contributed by atoms with E-state index in [-0.39, 0.29) is 30.6 Å². The Labute approximate surface area is 204 Å². The first-order valence-electron chi connectivity index (χ1n) is 10.7. The quantitative estimate of drug-likeness (QED) is 0.677. The van der Waals surface area contributed by atoms with Gasteiger partial charge in [0.2, 0.25) is 0 Å². The highest BCUT2D eigenvalue weighted by molar-refractivity contribution is 6.31. The molecule has 4 rings (SSSR count). The molecule has 2 amide bonds. The van der Waals surface area contributed by atoms with Crippen LogP contribution < -0.4 is 0 Å². The van der Waals surface area contributed by atoms with Crippen LogP contribution in [-0.4, -0.2) is 83.0 Å². The fourth-order valence-electron chi connectivity index (χ4n) is 4.38. The normalized spacial score (nSPS) is 21.7. The number of nitrogens with zero attached hydrogens (tertiary/aromatic N) is 3. The molecule has 0 radical (unpaired) electrons. The van der Waals surface area contributed by atoms with Gasteiger partial charge in [0.1, 0.15) is 0 Å². The zero-order valence-electron chi connectivity index (χ0n) is 17.9. The Balaban J connectivity index is 1.38. The number of halogens is 5. The topological polar surface area (TPSA) is 64.1 Å². The van der Waals surface area contributed by atoms with Crippen LogP contribution in [0.3, 0.4) is 0 Å². The Morgan fingerprint density at radius 3 is 2.06 bits per heavy atom. The third kappa shape index (κ3) is 5.17. The van der Waals surface area contributed by atoms with Crippen LogP contribution in [0.15, 0.2) is 42.5 Å². The molecule has 1 N–H and O–H groups in total. The average molecular weight is 516 g/mol. The minimum Gasteiger partial charge on any atom is -0.390 e. The molecule has 11 heteroatoms. The molecule has 6 nitrogen and oxygen atoms in total. The van der Waals surface area contributed by atoms with Crippen molar-refractivity contribution in [1.82, 2.24) is 14.7 Å². The molecule has 0 saturated carbocycles. The van der Waals surface area contributed by atoms with Crippen LogP contribution in [-0.2, 0) is 6.18 Å². The second-order valence-corrected chi connectivity index (χ2v) is 9.22. The smallest absolute Gasteiger partial charge is 0.390 e. The predicted octanol–water partition coefficient (Wildman–Crippen LogP) is 3.66. The van der Waals surface area contributed by atoms with E-state index in [1.165, 1.54) is 11.0 Å². The average Bonchev–Trinajstić information content (AvgIpc) is 3.20. The van der Waals surface area contributed by atoms with Crippen molar-refractivity contribution in [2.24, 2.45) is 0 Å². The van der Waals surface area contributed by atoms with Crippen molar-refractivity contribution >= 4 is 35.0 Å². The fraction of sp³-hybridized carbons (Fsp3) is 0.391. The summed E-state index contributed by atoms with van der Waals surface area (Å²) in [6.07, 6.45) is -5.53. The largest absolute Gasteiger partial charge is 0.417 e. The van der Waals surface area contributed by atoms with Gasteiger partial charge in [-0.25, -0.2) is 0 Å². The van der Waals surface area contributed by atoms with Crippen molar-refractivity contribution in [1.29, 1.82) is 0 Å². The summed E-state index contributed by atoms with van der Waals surface area (Å²) < 4.78 is 39.5. The Bertz CT molecular complexity index is 1070. The fourth-order valence-corrected chi connectivity index (χ4v) is 4.73. The van der Waals surface area contributed by atoms with Crippen LogP contribution in [0.5, 0.6) is 0 Å². The standard InChI is InChI=1S/C23H22Cl2F3N3O3/c24-16-4-1-14(2-5-16)21(33)30-9-7-29(8-10-30)19-12-31(13-20(19)32)22(34)15-3-6-18(25)17(11-15)23(26,27)28/h1-6,11,19-20,32H,7-10,12-13H2/t19-,20-/m1/s1. The Hall–Kier alpha value is -2.33. The van der Waals surface area contributed by atoms with Crippen molar-refractivity contribution in [2.75, 3.05) is 39.3 Å². The maximum Gasteiger partial charge on any atom is 0.417 e. The summed E-state index contributed by atoms with van der Waals surface area (Å²) in [4.78, 5) is 30.6. The highest BCUT2D eigenvalue weighted by Crippen LogP contribution is 2.35. The monoisotopic (exact) mass is 515 g/mol. The van der Waals surface area contributed by atoms with E-state index in [9.17, 15) is 27.9 Å². The molecule has 2 fully saturated rings. The van der Waals surface area contributed by atoms with Crippen molar-refractivity contribution in [3.05, 3.63) is 69.2 Å². The van der Waals surface area contributed by atoms with E-state index < -0.39 is 28.8 Å². The number of carbonyl (C=O) groups is 2. The number of aliphatic hydroxyl groups excluding tert-OH is 1. The van der Waals surface area contributed by atoms with Crippen LogP contribution in [0.4, 0.5) is 13.2 Å². The zero-order valence-corrected chi connectivity index (χ0v) is 19.4. The van der Waals surface area contributed by atoms with Gasteiger partial charge in [-0.3, -0.25) is 14.5 Å². The molecule has 0 unspecified atom stereocenters. The summed E-state index contributed by atoms with van der Waals surface area (Å²) in [7, 11) is 0. The summed E-state index contributed by atoms with van der Waals surface area (Å²) in [5.74, 6) is -0.705. The Morgan fingerprint density at radius 1 is 0.853 bits per heavy atom. The van der Waals surface area contributed by atoms with Gasteiger partial charge < -0.3 is 14.9 Å². The minimum absolute atomic E-state index is 0.0113. The molecule has 182 valence electrons. The number of alkyl halides is 3. The molecule has 2 aliphatic rings. The van der Waals surface area contributed by atoms with Gasteiger partial charge in [-0.2, -0.15) is 13.2 Å². The van der Waals surface area contributed by atoms with Crippen LogP contribution in [0.2, 0.25) is 10.0 Å². The summed E-state index contributed by atoms with van der Waals surface area (Å²) in [6, 6.07) is 9.33. The van der Waals surface area contributed by atoms with Gasteiger partial charge in [0, 0.05) is 55.4 Å². The summed E-state index contributed by atoms with van der Waals surface area (Å²) in [5.41, 5.74) is -0.669. The van der Waals surface area contributed by atoms with Gasteiger partial charge in [-0.05, 0) is 42.5 Å². The molecule has 2 saturated heterocycles. The van der Waals surface area contributed by atoms with E-state index in [1.807, 2.05) is 4.90 Å². The lowest BCUT2D eigenvalue weighted by molar-refractivity contribution is -0.137. The molecule has 2 aromatic carbocycles. The number of amides is 2. The van der Waals surface area contributed by atoms with Gasteiger partial charge in [0.05, 0.1) is 22.7 Å². The number of aliphatic hydroxyl groups is 1. The Morgan fingerprint density at radius 2 is 1.44 bits per heavy atom. The number of benzene rings is 2. The van der Waals surface area contributed by atoms with Gasteiger partial charge in [0.15, 0.2) is 0 Å². The molecule has 2 heterocycles. The molecule has 0 spiro atoms. The summed E-state index contributed by atoms with van der Waals surface area (Å²) in [5, 5.41) is 10.7. The van der Waals surface area contributed by atoms with Crippen LogP contribution in [0, 0.1) is 0 Å². The molecule has 34 heavy (non-hydrogen) atoms. The van der Waals surface area contributed by atoms with E-state index in [4.69, 9.17) is 23.2 Å². The number of rotatable bonds is 3. The van der Waals surface area contributed by atoms with Gasteiger partial charge in [-0.1, -0.05) is 23.2 Å². The van der Waals surface area contributed by atoms with Crippen molar-refractivity contribution in [3.8, 4) is 0 Å². The van der Waals surface area contributed by atoms with E-state index in [1.54, 1.807) is 29.2 Å². The lowest BCUT2D eigenvalue weighted by Crippen LogP contribution is -2.54. The number of carbonyl (C=O) groups excluding carboxylic acids is 2. The predicted molar refractivity (Wildman–Crippen MR) is 121 cm³/mol. The molecule has 0 aromatic heterocycles. The molecule has 2 atom stereocenters. The van der Waals surface area contributed by atoms with E-state index in [0.29, 0.717) is 36.8 Å². The zero-order chi connectivity index (χ0) is 24.6. The maximum absolute atomic E-state index is 13.2. The van der Waals surface area contributed by atoms with Crippen LogP contribution in [0.25, 0.3) is 0 Å². The lowest BCUT2D eigenvalue weighted by Gasteiger charge is -2.38. The molecular weight excluding hydrogens is 494 g/mol. The molecule has 0 aliphatic carbocycles. The lowest BCUT2D eigenvalue weighted by atomic mass is 10.1. The van der Waals surface area contributed by atoms with E-state index in [0.717, 1.165) is 12.1 Å². The minimum atomic E-state index is -4.68. The number of hydrogen-bond acceptors (Lipinski definition) is 4. The van der Waals surface area contributed by atoms with E-state index >= 15 is 0 Å². The van der Waals surface area contributed by atoms with Crippen LogP contribution in [0.1, 0.15) is 26.3 Å². The molecule has 2 aromatic rings. The second kappa shape index (κ2) is 9.73. The number of likely N-dealkylation sites (tertiary alicyclic amines) is 1. The van der Waals surface area contributed by atoms with Gasteiger partial charge >= 0.3 is 6.18 Å². The SMILES string of the molecule is O=C(c1ccc(Cl)cc1)N1CCN([C@@H]2CN(C(=O)c3ccc(Cl)c(C(F)(F)F)c3)C[C@H]2O)CC1. The first kappa shape index (κ1) is 24.8. The van der Waals surface area contributed by atoms with Crippen LogP contribution >= 0.6 is 23.2 Å². The molecule has 0 bridgehead atoms. The van der Waals surface area contributed by atoms with Gasteiger partial charge in [0.25, 0.3) is 11.8 Å². The first-order valence-corrected chi connectivity index (χ1v) is 11.4. The number of piperazine rings is 1.